The molecule has 1 aliphatic heterocycles. The minimum atomic E-state index is 0. The number of hydrogen-bond donors (Lipinski definition) is 1. The number of nitrogens with zero attached hydrogens (tertiary/aromatic N) is 1. The van der Waals surface area contributed by atoms with E-state index in [1.165, 1.54) is 19.1 Å². The van der Waals surface area contributed by atoms with Crippen molar-refractivity contribution in [3.05, 3.63) is 24.2 Å². The van der Waals surface area contributed by atoms with Gasteiger partial charge in [-0.3, -0.25) is 9.69 Å². The summed E-state index contributed by atoms with van der Waals surface area (Å²) in [6.45, 7) is 3.61. The van der Waals surface area contributed by atoms with Crippen LogP contribution in [-0.2, 0) is 0 Å². The number of likely N-dealkylation sites (N-methyl/N-ethyl adjacent to an activating group) is 1. The van der Waals surface area contributed by atoms with Crippen molar-refractivity contribution in [2.24, 2.45) is 5.92 Å². The minimum absolute atomic E-state index is 0. The summed E-state index contributed by atoms with van der Waals surface area (Å²) in [5.41, 5.74) is 0. The monoisotopic (exact) mass is 272 g/mol. The summed E-state index contributed by atoms with van der Waals surface area (Å²) in [5.74, 6) is 1.18. The first-order valence-electron chi connectivity index (χ1n) is 6.21. The van der Waals surface area contributed by atoms with Crippen LogP contribution in [0.25, 0.3) is 0 Å². The average molecular weight is 273 g/mol. The predicted octanol–water partition coefficient (Wildman–Crippen LogP) is 1.82. The highest BCUT2D eigenvalue weighted by molar-refractivity contribution is 5.94. The van der Waals surface area contributed by atoms with E-state index in [1.807, 2.05) is 7.05 Å². The Kier molecular flexibility index (Phi) is 6.39. The zero-order valence-corrected chi connectivity index (χ0v) is 11.5. The largest absolute Gasteiger partial charge is 0.461 e. The van der Waals surface area contributed by atoms with Crippen LogP contribution >= 0.6 is 12.4 Å². The van der Waals surface area contributed by atoms with Crippen LogP contribution in [-0.4, -0.2) is 43.9 Å². The van der Waals surface area contributed by atoms with Crippen LogP contribution < -0.4 is 5.32 Å². The third kappa shape index (κ3) is 4.44. The molecule has 0 aromatic carbocycles. The van der Waals surface area contributed by atoms with E-state index < -0.39 is 0 Å². The number of carbonyl (C=O) groups excluding carboxylic acids is 1. The maximum absolute atomic E-state index is 11.8. The molecule has 5 heteroatoms. The van der Waals surface area contributed by atoms with Gasteiger partial charge in [0, 0.05) is 6.54 Å². The lowest BCUT2D eigenvalue weighted by Gasteiger charge is -2.27. The lowest BCUT2D eigenvalue weighted by atomic mass is 9.99. The zero-order valence-electron chi connectivity index (χ0n) is 10.7. The molecule has 4 nitrogen and oxygen atoms in total. The Hall–Kier alpha value is -0.840. The van der Waals surface area contributed by atoms with E-state index in [4.69, 9.17) is 4.42 Å². The molecule has 2 rings (SSSR count). The SMILES string of the molecule is CN(CC(=O)c1ccco1)CC1CCCNC1.Cl. The van der Waals surface area contributed by atoms with E-state index in [0.29, 0.717) is 18.2 Å². The Morgan fingerprint density at radius 2 is 2.44 bits per heavy atom. The summed E-state index contributed by atoms with van der Waals surface area (Å²) in [4.78, 5) is 13.9. The highest BCUT2D eigenvalue weighted by Gasteiger charge is 2.17. The fourth-order valence-electron chi connectivity index (χ4n) is 2.35. The van der Waals surface area contributed by atoms with Gasteiger partial charge >= 0.3 is 0 Å². The molecule has 2 heterocycles. The Morgan fingerprint density at radius 1 is 1.61 bits per heavy atom. The van der Waals surface area contributed by atoms with Gasteiger partial charge in [0.15, 0.2) is 5.76 Å². The van der Waals surface area contributed by atoms with Crippen molar-refractivity contribution in [1.29, 1.82) is 0 Å². The second-order valence-electron chi connectivity index (χ2n) is 4.81. The summed E-state index contributed by atoms with van der Waals surface area (Å²) in [5, 5.41) is 3.39. The van der Waals surface area contributed by atoms with Crippen LogP contribution in [0.3, 0.4) is 0 Å². The predicted molar refractivity (Wildman–Crippen MR) is 73.4 cm³/mol. The number of hydrogen-bond acceptors (Lipinski definition) is 4. The Labute approximate surface area is 114 Å². The Balaban J connectivity index is 0.00000162. The topological polar surface area (TPSA) is 45.5 Å². The molecule has 0 saturated carbocycles. The third-order valence-electron chi connectivity index (χ3n) is 3.18. The molecule has 0 spiro atoms. The molecule has 1 unspecified atom stereocenters. The molecule has 1 fully saturated rings. The smallest absolute Gasteiger partial charge is 0.211 e. The van der Waals surface area contributed by atoms with Crippen molar-refractivity contribution in [1.82, 2.24) is 10.2 Å². The van der Waals surface area contributed by atoms with Crippen LogP contribution in [0.15, 0.2) is 22.8 Å². The summed E-state index contributed by atoms with van der Waals surface area (Å²) < 4.78 is 5.10. The molecular formula is C13H21ClN2O2. The number of Topliss-reactive ketones (excluding diaryl/α,β-unsaturated/α-hetero) is 1. The molecule has 102 valence electrons. The third-order valence-corrected chi connectivity index (χ3v) is 3.18. The Bertz CT molecular complexity index is 348. The lowest BCUT2D eigenvalue weighted by molar-refractivity contribution is 0.0907. The first-order chi connectivity index (χ1) is 8.25. The van der Waals surface area contributed by atoms with Gasteiger partial charge in [0.05, 0.1) is 12.8 Å². The first-order valence-corrected chi connectivity index (χ1v) is 6.21. The quantitative estimate of drug-likeness (QED) is 0.831. The molecule has 0 amide bonds. The van der Waals surface area contributed by atoms with Crippen LogP contribution in [0, 0.1) is 5.92 Å². The van der Waals surface area contributed by atoms with E-state index >= 15 is 0 Å². The number of furan rings is 1. The van der Waals surface area contributed by atoms with Crippen molar-refractivity contribution in [2.75, 3.05) is 33.2 Å². The molecule has 1 saturated heterocycles. The van der Waals surface area contributed by atoms with E-state index in [1.54, 1.807) is 12.1 Å². The molecule has 0 radical (unpaired) electrons. The van der Waals surface area contributed by atoms with Gasteiger partial charge in [0.2, 0.25) is 5.78 Å². The van der Waals surface area contributed by atoms with Gasteiger partial charge in [-0.25, -0.2) is 0 Å². The van der Waals surface area contributed by atoms with Gasteiger partial charge in [-0.15, -0.1) is 12.4 Å². The maximum atomic E-state index is 11.8. The first kappa shape index (κ1) is 15.2. The number of ketones is 1. The minimum Gasteiger partial charge on any atom is -0.461 e. The van der Waals surface area contributed by atoms with Crippen LogP contribution in [0.4, 0.5) is 0 Å². The molecule has 0 aliphatic carbocycles. The number of nitrogens with one attached hydrogen (secondary N) is 1. The van der Waals surface area contributed by atoms with E-state index in [2.05, 4.69) is 10.2 Å². The van der Waals surface area contributed by atoms with Crippen LogP contribution in [0.2, 0.25) is 0 Å². The van der Waals surface area contributed by atoms with Crippen molar-refractivity contribution in [2.45, 2.75) is 12.8 Å². The van der Waals surface area contributed by atoms with Gasteiger partial charge < -0.3 is 9.73 Å². The van der Waals surface area contributed by atoms with Crippen LogP contribution in [0.1, 0.15) is 23.4 Å². The lowest BCUT2D eigenvalue weighted by Crippen LogP contribution is -2.38. The second-order valence-corrected chi connectivity index (χ2v) is 4.81. The molecular weight excluding hydrogens is 252 g/mol. The summed E-state index contributed by atoms with van der Waals surface area (Å²) in [6.07, 6.45) is 4.04. The van der Waals surface area contributed by atoms with E-state index in [9.17, 15) is 4.79 Å². The van der Waals surface area contributed by atoms with E-state index in [-0.39, 0.29) is 18.2 Å². The van der Waals surface area contributed by atoms with Crippen molar-refractivity contribution in [3.63, 3.8) is 0 Å². The fraction of sp³-hybridized carbons (Fsp3) is 0.615. The van der Waals surface area contributed by atoms with E-state index in [0.717, 1.165) is 19.6 Å². The zero-order chi connectivity index (χ0) is 12.1. The van der Waals surface area contributed by atoms with Crippen LogP contribution in [0.5, 0.6) is 0 Å². The molecule has 1 aromatic heterocycles. The molecule has 1 aliphatic rings. The summed E-state index contributed by atoms with van der Waals surface area (Å²) in [7, 11) is 2.00. The molecule has 1 atom stereocenters. The summed E-state index contributed by atoms with van der Waals surface area (Å²) in [6, 6.07) is 3.47. The standard InChI is InChI=1S/C13H20N2O2.ClH/c1-15(9-11-4-2-6-14-8-11)10-12(16)13-5-3-7-17-13;/h3,5,7,11,14H,2,4,6,8-10H2,1H3;1H. The van der Waals surface area contributed by atoms with Crippen molar-refractivity contribution < 1.29 is 9.21 Å². The molecule has 0 bridgehead atoms. The van der Waals surface area contributed by atoms with Gasteiger partial charge in [-0.2, -0.15) is 0 Å². The highest BCUT2D eigenvalue weighted by Crippen LogP contribution is 2.11. The molecule has 1 N–H and O–H groups in total. The number of halogens is 1. The van der Waals surface area contributed by atoms with Crippen molar-refractivity contribution in [3.8, 4) is 0 Å². The van der Waals surface area contributed by atoms with Gasteiger partial charge in [0.25, 0.3) is 0 Å². The van der Waals surface area contributed by atoms with Gasteiger partial charge in [-0.1, -0.05) is 0 Å². The van der Waals surface area contributed by atoms with Gasteiger partial charge in [0.1, 0.15) is 0 Å². The summed E-state index contributed by atoms with van der Waals surface area (Å²) >= 11 is 0. The number of carbonyl (C=O) groups is 1. The Morgan fingerprint density at radius 3 is 3.06 bits per heavy atom. The molecule has 18 heavy (non-hydrogen) atoms. The maximum Gasteiger partial charge on any atom is 0.211 e. The highest BCUT2D eigenvalue weighted by atomic mass is 35.5. The number of piperidine rings is 1. The second kappa shape index (κ2) is 7.56. The molecule has 1 aromatic rings. The fourth-order valence-corrected chi connectivity index (χ4v) is 2.35. The van der Waals surface area contributed by atoms with Crippen molar-refractivity contribution >= 4 is 18.2 Å². The van der Waals surface area contributed by atoms with Gasteiger partial charge in [-0.05, 0) is 51.0 Å². The average Bonchev–Trinajstić information content (AvgIpc) is 2.83. The number of rotatable bonds is 5. The normalized spacial score (nSPS) is 19.6.